The maximum atomic E-state index is 5.92. The molecular formula is C14H17ClN4. The van der Waals surface area contributed by atoms with E-state index >= 15 is 0 Å². The number of hydrogen-bond donors (Lipinski definition) is 2. The molecule has 0 bridgehead atoms. The highest BCUT2D eigenvalue weighted by molar-refractivity contribution is 6.33. The van der Waals surface area contributed by atoms with Crippen LogP contribution in [-0.4, -0.2) is 15.2 Å². The number of nitrogen functional groups attached to an aromatic ring is 1. The molecule has 5 heteroatoms. The van der Waals surface area contributed by atoms with Gasteiger partial charge in [-0.25, -0.2) is 4.98 Å². The van der Waals surface area contributed by atoms with Crippen LogP contribution >= 0.6 is 11.6 Å². The molecule has 4 nitrogen and oxygen atoms in total. The van der Waals surface area contributed by atoms with Gasteiger partial charge in [0.2, 0.25) is 0 Å². The monoisotopic (exact) mass is 276 g/mol. The minimum absolute atomic E-state index is 0.527. The zero-order valence-electron chi connectivity index (χ0n) is 10.7. The van der Waals surface area contributed by atoms with Crippen LogP contribution in [0.15, 0.2) is 18.2 Å². The smallest absolute Gasteiger partial charge is 0.181 e. The topological polar surface area (TPSA) is 67.6 Å². The Morgan fingerprint density at radius 2 is 2.00 bits per heavy atom. The number of nitrogens with one attached hydrogen (secondary N) is 1. The summed E-state index contributed by atoms with van der Waals surface area (Å²) < 4.78 is 0. The summed E-state index contributed by atoms with van der Waals surface area (Å²) >= 11 is 5.92. The molecule has 0 unspecified atom stereocenters. The molecule has 1 aromatic carbocycles. The van der Waals surface area contributed by atoms with Crippen LogP contribution in [0.1, 0.15) is 43.8 Å². The van der Waals surface area contributed by atoms with Crippen molar-refractivity contribution in [1.29, 1.82) is 0 Å². The molecule has 1 fully saturated rings. The summed E-state index contributed by atoms with van der Waals surface area (Å²) in [4.78, 5) is 4.61. The van der Waals surface area contributed by atoms with Gasteiger partial charge in [-0.1, -0.05) is 30.9 Å². The molecule has 3 N–H and O–H groups in total. The van der Waals surface area contributed by atoms with E-state index in [1.54, 1.807) is 6.07 Å². The van der Waals surface area contributed by atoms with Crippen molar-refractivity contribution >= 4 is 17.3 Å². The molecular weight excluding hydrogens is 260 g/mol. The van der Waals surface area contributed by atoms with Crippen molar-refractivity contribution < 1.29 is 0 Å². The number of H-pyrrole nitrogens is 1. The van der Waals surface area contributed by atoms with Crippen LogP contribution < -0.4 is 5.73 Å². The number of aromatic amines is 1. The summed E-state index contributed by atoms with van der Waals surface area (Å²) in [6.45, 7) is 0. The SMILES string of the molecule is Nc1cc(-c2n[nH]c(C3CCCCC3)n2)ccc1Cl. The van der Waals surface area contributed by atoms with E-state index < -0.39 is 0 Å². The quantitative estimate of drug-likeness (QED) is 0.821. The summed E-state index contributed by atoms with van der Waals surface area (Å²) in [5.74, 6) is 2.23. The van der Waals surface area contributed by atoms with Crippen molar-refractivity contribution in [3.63, 3.8) is 0 Å². The van der Waals surface area contributed by atoms with Crippen LogP contribution in [0.5, 0.6) is 0 Å². The molecule has 0 aliphatic heterocycles. The Labute approximate surface area is 117 Å². The van der Waals surface area contributed by atoms with Crippen molar-refractivity contribution in [2.45, 2.75) is 38.0 Å². The lowest BCUT2D eigenvalue weighted by Crippen LogP contribution is -2.06. The van der Waals surface area contributed by atoms with Crippen LogP contribution in [0, 0.1) is 0 Å². The number of halogens is 1. The molecule has 1 aliphatic rings. The fourth-order valence-corrected chi connectivity index (χ4v) is 2.76. The Bertz CT molecular complexity index is 573. The number of benzene rings is 1. The van der Waals surface area contributed by atoms with E-state index in [1.807, 2.05) is 12.1 Å². The molecule has 19 heavy (non-hydrogen) atoms. The number of nitrogens with two attached hydrogens (primary N) is 1. The molecule has 1 saturated carbocycles. The Morgan fingerprint density at radius 1 is 1.21 bits per heavy atom. The number of hydrogen-bond acceptors (Lipinski definition) is 3. The zero-order chi connectivity index (χ0) is 13.2. The molecule has 2 aromatic rings. The minimum atomic E-state index is 0.527. The zero-order valence-corrected chi connectivity index (χ0v) is 11.5. The third kappa shape index (κ3) is 2.59. The molecule has 0 spiro atoms. The van der Waals surface area contributed by atoms with Crippen LogP contribution in [0.2, 0.25) is 5.02 Å². The van der Waals surface area contributed by atoms with Crippen LogP contribution in [-0.2, 0) is 0 Å². The molecule has 0 atom stereocenters. The van der Waals surface area contributed by atoms with Gasteiger partial charge in [-0.2, -0.15) is 5.10 Å². The lowest BCUT2D eigenvalue weighted by molar-refractivity contribution is 0.429. The lowest BCUT2D eigenvalue weighted by Gasteiger charge is -2.18. The van der Waals surface area contributed by atoms with Crippen molar-refractivity contribution in [1.82, 2.24) is 15.2 Å². The fraction of sp³-hybridized carbons (Fsp3) is 0.429. The van der Waals surface area contributed by atoms with Crippen LogP contribution in [0.25, 0.3) is 11.4 Å². The predicted octanol–water partition coefficient (Wildman–Crippen LogP) is 3.76. The highest BCUT2D eigenvalue weighted by Crippen LogP contribution is 2.32. The van der Waals surface area contributed by atoms with Crippen LogP contribution in [0.3, 0.4) is 0 Å². The first kappa shape index (κ1) is 12.5. The lowest BCUT2D eigenvalue weighted by atomic mass is 9.89. The average Bonchev–Trinajstić information content (AvgIpc) is 2.93. The second-order valence-corrected chi connectivity index (χ2v) is 5.52. The fourth-order valence-electron chi connectivity index (χ4n) is 2.64. The molecule has 0 radical (unpaired) electrons. The van der Waals surface area contributed by atoms with Gasteiger partial charge < -0.3 is 5.73 Å². The Kier molecular flexibility index (Phi) is 3.42. The van der Waals surface area contributed by atoms with E-state index in [1.165, 1.54) is 32.1 Å². The highest BCUT2D eigenvalue weighted by Gasteiger charge is 2.19. The number of rotatable bonds is 2. The first-order valence-corrected chi connectivity index (χ1v) is 7.09. The number of anilines is 1. The Balaban J connectivity index is 1.85. The first-order chi connectivity index (χ1) is 9.24. The molecule has 1 aliphatic carbocycles. The van der Waals surface area contributed by atoms with E-state index in [0.717, 1.165) is 11.4 Å². The summed E-state index contributed by atoms with van der Waals surface area (Å²) in [6.07, 6.45) is 6.32. The van der Waals surface area contributed by atoms with E-state index in [4.69, 9.17) is 17.3 Å². The average molecular weight is 277 g/mol. The molecule has 0 amide bonds. The molecule has 1 aromatic heterocycles. The highest BCUT2D eigenvalue weighted by atomic mass is 35.5. The standard InChI is InChI=1S/C14H17ClN4/c15-11-7-6-10(8-12(11)16)14-17-13(18-19-14)9-4-2-1-3-5-9/h6-9H,1-5,16H2,(H,17,18,19). The maximum Gasteiger partial charge on any atom is 0.181 e. The number of nitrogens with zero attached hydrogens (tertiary/aromatic N) is 2. The van der Waals surface area contributed by atoms with E-state index in [9.17, 15) is 0 Å². The summed E-state index contributed by atoms with van der Waals surface area (Å²) in [5, 5.41) is 7.93. The number of aromatic nitrogens is 3. The van der Waals surface area contributed by atoms with Gasteiger partial charge in [0.1, 0.15) is 5.82 Å². The maximum absolute atomic E-state index is 5.92. The van der Waals surface area contributed by atoms with Crippen molar-refractivity contribution in [3.8, 4) is 11.4 Å². The van der Waals surface area contributed by atoms with Crippen molar-refractivity contribution in [2.24, 2.45) is 0 Å². The predicted molar refractivity (Wildman–Crippen MR) is 77.1 cm³/mol. The van der Waals surface area contributed by atoms with E-state index in [0.29, 0.717) is 22.5 Å². The second kappa shape index (κ2) is 5.21. The third-order valence-corrected chi connectivity index (χ3v) is 4.09. The summed E-state index contributed by atoms with van der Waals surface area (Å²) in [7, 11) is 0. The van der Waals surface area contributed by atoms with Crippen molar-refractivity contribution in [2.75, 3.05) is 5.73 Å². The summed E-state index contributed by atoms with van der Waals surface area (Å²) in [6, 6.07) is 5.49. The van der Waals surface area contributed by atoms with E-state index in [2.05, 4.69) is 15.2 Å². The van der Waals surface area contributed by atoms with Gasteiger partial charge in [0.05, 0.1) is 10.7 Å². The molecule has 3 rings (SSSR count). The van der Waals surface area contributed by atoms with Gasteiger partial charge in [-0.05, 0) is 31.0 Å². The first-order valence-electron chi connectivity index (χ1n) is 6.72. The van der Waals surface area contributed by atoms with Crippen molar-refractivity contribution in [3.05, 3.63) is 29.0 Å². The second-order valence-electron chi connectivity index (χ2n) is 5.12. The van der Waals surface area contributed by atoms with Gasteiger partial charge in [-0.3, -0.25) is 5.10 Å². The third-order valence-electron chi connectivity index (χ3n) is 3.75. The Morgan fingerprint density at radius 3 is 2.74 bits per heavy atom. The minimum Gasteiger partial charge on any atom is -0.398 e. The van der Waals surface area contributed by atoms with Gasteiger partial charge >= 0.3 is 0 Å². The van der Waals surface area contributed by atoms with Gasteiger partial charge in [0.25, 0.3) is 0 Å². The van der Waals surface area contributed by atoms with Gasteiger partial charge in [-0.15, -0.1) is 0 Å². The van der Waals surface area contributed by atoms with Gasteiger partial charge in [0.15, 0.2) is 5.82 Å². The molecule has 0 saturated heterocycles. The van der Waals surface area contributed by atoms with Gasteiger partial charge in [0, 0.05) is 11.5 Å². The molecule has 1 heterocycles. The van der Waals surface area contributed by atoms with Crippen LogP contribution in [0.4, 0.5) is 5.69 Å². The van der Waals surface area contributed by atoms with E-state index in [-0.39, 0.29) is 0 Å². The summed E-state index contributed by atoms with van der Waals surface area (Å²) in [5.41, 5.74) is 7.27. The largest absolute Gasteiger partial charge is 0.398 e. The molecule has 100 valence electrons. The Hall–Kier alpha value is -1.55. The normalized spacial score (nSPS) is 16.7.